The van der Waals surface area contributed by atoms with Gasteiger partial charge in [-0.15, -0.1) is 0 Å². The molecule has 1 unspecified atom stereocenters. The van der Waals surface area contributed by atoms with E-state index in [1.54, 1.807) is 13.8 Å². The Morgan fingerprint density at radius 1 is 1.16 bits per heavy atom. The van der Waals surface area contributed by atoms with Crippen LogP contribution in [0.4, 0.5) is 0 Å². The lowest BCUT2D eigenvalue weighted by Gasteiger charge is -2.38. The molecule has 1 atom stereocenters. The third-order valence-corrected chi connectivity index (χ3v) is 6.97. The third kappa shape index (κ3) is 2.46. The number of benzene rings is 1. The van der Waals surface area contributed by atoms with Crippen LogP contribution in [0.3, 0.4) is 0 Å². The van der Waals surface area contributed by atoms with E-state index >= 15 is 0 Å². The number of sulfone groups is 1. The molecular weight excluding hydrogens is 346 g/mol. The highest BCUT2D eigenvalue weighted by molar-refractivity contribution is 7.94. The second kappa shape index (κ2) is 6.42. The van der Waals surface area contributed by atoms with Crippen LogP contribution in [0.25, 0.3) is 0 Å². The number of rotatable bonds is 4. The minimum atomic E-state index is -4.14. The Bertz CT molecular complexity index is 785. The zero-order valence-corrected chi connectivity index (χ0v) is 15.0. The van der Waals surface area contributed by atoms with E-state index in [0.29, 0.717) is 6.42 Å². The van der Waals surface area contributed by atoms with Gasteiger partial charge >= 0.3 is 16.8 Å². The number of hydrogen-bond donors (Lipinski definition) is 0. The Morgan fingerprint density at radius 2 is 1.76 bits per heavy atom. The van der Waals surface area contributed by atoms with Crippen LogP contribution in [0, 0.1) is 0 Å². The molecule has 0 N–H and O–H groups in total. The SMILES string of the molecule is CCOC(=O)C1(C(=O)OCC)N2CCc3ccccc3C2CS1(=O)=O. The van der Waals surface area contributed by atoms with Gasteiger partial charge in [-0.05, 0) is 31.4 Å². The molecule has 3 rings (SSSR count). The van der Waals surface area contributed by atoms with Crippen molar-refractivity contribution in [2.75, 3.05) is 25.5 Å². The average Bonchev–Trinajstić information content (AvgIpc) is 2.82. The quantitative estimate of drug-likeness (QED) is 0.575. The van der Waals surface area contributed by atoms with E-state index in [1.165, 1.54) is 4.90 Å². The van der Waals surface area contributed by atoms with Crippen molar-refractivity contribution in [2.45, 2.75) is 31.2 Å². The molecule has 2 heterocycles. The summed E-state index contributed by atoms with van der Waals surface area (Å²) in [6, 6.07) is 6.93. The zero-order chi connectivity index (χ0) is 18.2. The molecule has 1 fully saturated rings. The molecule has 1 saturated heterocycles. The van der Waals surface area contributed by atoms with Crippen molar-refractivity contribution in [1.82, 2.24) is 4.90 Å². The van der Waals surface area contributed by atoms with Crippen molar-refractivity contribution < 1.29 is 27.5 Å². The molecule has 1 aromatic carbocycles. The first-order valence-corrected chi connectivity index (χ1v) is 9.96. The highest BCUT2D eigenvalue weighted by Crippen LogP contribution is 2.46. The van der Waals surface area contributed by atoms with Gasteiger partial charge in [0.25, 0.3) is 0 Å². The molecule has 1 aromatic rings. The molecule has 136 valence electrons. The molecule has 0 saturated carbocycles. The molecule has 0 spiro atoms. The van der Waals surface area contributed by atoms with Gasteiger partial charge in [0.1, 0.15) is 0 Å². The minimum absolute atomic E-state index is 0.0232. The summed E-state index contributed by atoms with van der Waals surface area (Å²) >= 11 is 0. The number of ether oxygens (including phenoxy) is 2. The summed E-state index contributed by atoms with van der Waals surface area (Å²) in [5.74, 6) is -2.47. The first-order chi connectivity index (χ1) is 11.9. The van der Waals surface area contributed by atoms with Crippen molar-refractivity contribution in [2.24, 2.45) is 0 Å². The van der Waals surface area contributed by atoms with Gasteiger partial charge in [0, 0.05) is 6.54 Å². The molecule has 0 radical (unpaired) electrons. The lowest BCUT2D eigenvalue weighted by Crippen LogP contribution is -2.63. The third-order valence-electron chi connectivity index (χ3n) is 4.75. The summed E-state index contributed by atoms with van der Waals surface area (Å²) in [5, 5.41) is 0. The molecule has 8 heteroatoms. The number of hydrogen-bond acceptors (Lipinski definition) is 7. The number of esters is 2. The maximum absolute atomic E-state index is 13.0. The van der Waals surface area contributed by atoms with Crippen LogP contribution in [0.15, 0.2) is 24.3 Å². The van der Waals surface area contributed by atoms with Crippen LogP contribution in [0.5, 0.6) is 0 Å². The molecule has 25 heavy (non-hydrogen) atoms. The van der Waals surface area contributed by atoms with Gasteiger partial charge in [-0.1, -0.05) is 24.3 Å². The summed E-state index contributed by atoms with van der Waals surface area (Å²) in [6.45, 7) is 3.36. The molecule has 0 bridgehead atoms. The van der Waals surface area contributed by atoms with Crippen molar-refractivity contribution in [3.8, 4) is 0 Å². The van der Waals surface area contributed by atoms with Gasteiger partial charge in [0.05, 0.1) is 25.0 Å². The second-order valence-corrected chi connectivity index (χ2v) is 8.18. The van der Waals surface area contributed by atoms with Crippen LogP contribution < -0.4 is 0 Å². The number of nitrogens with zero attached hydrogens (tertiary/aromatic N) is 1. The fraction of sp³-hybridized carbons (Fsp3) is 0.529. The average molecular weight is 367 g/mol. The standard InChI is InChI=1S/C17H21NO6S/c1-3-23-15(19)17(16(20)24-4-2)18-10-9-12-7-5-6-8-13(12)14(18)11-25(17,21)22/h5-8,14H,3-4,9-11H2,1-2H3. The number of carbonyl (C=O) groups is 2. The number of fused-ring (bicyclic) bond motifs is 3. The molecule has 7 nitrogen and oxygen atoms in total. The Labute approximate surface area is 146 Å². The fourth-order valence-corrected chi connectivity index (χ4v) is 5.96. The summed E-state index contributed by atoms with van der Waals surface area (Å²) in [5.41, 5.74) is 1.86. The summed E-state index contributed by atoms with van der Waals surface area (Å²) in [4.78, 5) is 24.5. The van der Waals surface area contributed by atoms with Gasteiger partial charge in [-0.2, -0.15) is 0 Å². The molecular formula is C17H21NO6S. The summed E-state index contributed by atoms with van der Waals surface area (Å²) < 4.78 is 36.1. The van der Waals surface area contributed by atoms with Crippen molar-refractivity contribution >= 4 is 21.8 Å². The number of carbonyl (C=O) groups excluding carboxylic acids is 2. The van der Waals surface area contributed by atoms with Gasteiger partial charge in [-0.3, -0.25) is 4.90 Å². The molecule has 0 aliphatic carbocycles. The second-order valence-electron chi connectivity index (χ2n) is 6.02. The van der Waals surface area contributed by atoms with E-state index in [0.717, 1.165) is 11.1 Å². The van der Waals surface area contributed by atoms with E-state index in [1.807, 2.05) is 24.3 Å². The smallest absolute Gasteiger partial charge is 0.354 e. The van der Waals surface area contributed by atoms with Gasteiger partial charge < -0.3 is 9.47 Å². The zero-order valence-electron chi connectivity index (χ0n) is 14.2. The minimum Gasteiger partial charge on any atom is -0.463 e. The van der Waals surface area contributed by atoms with Gasteiger partial charge in [0.2, 0.25) is 0 Å². The Kier molecular flexibility index (Phi) is 4.59. The lowest BCUT2D eigenvalue weighted by molar-refractivity contribution is -0.168. The normalized spacial score (nSPS) is 23.4. The van der Waals surface area contributed by atoms with Crippen molar-refractivity contribution in [3.05, 3.63) is 35.4 Å². The van der Waals surface area contributed by atoms with E-state index < -0.39 is 32.7 Å². The fourth-order valence-electron chi connectivity index (χ4n) is 3.74. The molecule has 2 aliphatic heterocycles. The van der Waals surface area contributed by atoms with Crippen LogP contribution in [0.2, 0.25) is 0 Å². The van der Waals surface area contributed by atoms with Crippen LogP contribution >= 0.6 is 0 Å². The lowest BCUT2D eigenvalue weighted by atomic mass is 9.92. The highest BCUT2D eigenvalue weighted by Gasteiger charge is 2.70. The topological polar surface area (TPSA) is 90.0 Å². The van der Waals surface area contributed by atoms with Crippen LogP contribution in [0.1, 0.15) is 31.0 Å². The Balaban J connectivity index is 2.18. The van der Waals surface area contributed by atoms with E-state index in [9.17, 15) is 18.0 Å². The van der Waals surface area contributed by atoms with Crippen molar-refractivity contribution in [3.63, 3.8) is 0 Å². The van der Waals surface area contributed by atoms with Gasteiger partial charge in [-0.25, -0.2) is 18.0 Å². The summed E-state index contributed by atoms with van der Waals surface area (Å²) in [7, 11) is -4.14. The largest absolute Gasteiger partial charge is 0.463 e. The highest BCUT2D eigenvalue weighted by atomic mass is 32.2. The van der Waals surface area contributed by atoms with Crippen LogP contribution in [-0.2, 0) is 35.3 Å². The van der Waals surface area contributed by atoms with Gasteiger partial charge in [0.15, 0.2) is 9.84 Å². The van der Waals surface area contributed by atoms with E-state index in [2.05, 4.69) is 0 Å². The predicted molar refractivity (Wildman–Crippen MR) is 89.4 cm³/mol. The van der Waals surface area contributed by atoms with E-state index in [4.69, 9.17) is 9.47 Å². The van der Waals surface area contributed by atoms with Crippen LogP contribution in [-0.4, -0.2) is 55.6 Å². The monoisotopic (exact) mass is 367 g/mol. The predicted octanol–water partition coefficient (Wildman–Crippen LogP) is 0.837. The first kappa shape index (κ1) is 17.9. The molecule has 0 aromatic heterocycles. The first-order valence-electron chi connectivity index (χ1n) is 8.31. The maximum atomic E-state index is 13.0. The van der Waals surface area contributed by atoms with E-state index in [-0.39, 0.29) is 25.5 Å². The Hall–Kier alpha value is -1.93. The van der Waals surface area contributed by atoms with Crippen molar-refractivity contribution in [1.29, 1.82) is 0 Å². The summed E-state index contributed by atoms with van der Waals surface area (Å²) in [6.07, 6.45) is 0.544. The Morgan fingerprint density at radius 3 is 2.36 bits per heavy atom. The molecule has 2 aliphatic rings. The maximum Gasteiger partial charge on any atom is 0.354 e. The molecule has 0 amide bonds.